The predicted molar refractivity (Wildman–Crippen MR) is 98.4 cm³/mol. The van der Waals surface area contributed by atoms with Gasteiger partial charge in [0, 0.05) is 12.4 Å². The molecule has 0 spiro atoms. The lowest BCUT2D eigenvalue weighted by Crippen LogP contribution is -2.40. The van der Waals surface area contributed by atoms with E-state index in [0.29, 0.717) is 6.42 Å². The molecule has 2 rings (SSSR count). The van der Waals surface area contributed by atoms with Crippen LogP contribution in [0.3, 0.4) is 0 Å². The zero-order valence-corrected chi connectivity index (χ0v) is 15.2. The van der Waals surface area contributed by atoms with E-state index in [1.165, 1.54) is 12.3 Å². The number of hydrogen-bond donors (Lipinski definition) is 5. The Labute approximate surface area is 151 Å². The molecule has 0 saturated heterocycles. The summed E-state index contributed by atoms with van der Waals surface area (Å²) in [5.41, 5.74) is 1.04. The zero-order valence-electron chi connectivity index (χ0n) is 14.3. The zero-order chi connectivity index (χ0) is 19.2. The van der Waals surface area contributed by atoms with Crippen molar-refractivity contribution in [3.8, 4) is 0 Å². The molecule has 1 aromatic heterocycles. The lowest BCUT2D eigenvalue weighted by molar-refractivity contribution is -0.117. The van der Waals surface area contributed by atoms with Crippen LogP contribution in [0, 0.1) is 0 Å². The number of aromatic carboxylic acids is 1. The van der Waals surface area contributed by atoms with Crippen molar-refractivity contribution in [2.45, 2.75) is 25.8 Å². The van der Waals surface area contributed by atoms with Crippen LogP contribution in [-0.2, 0) is 15.8 Å². The molecule has 0 saturated carbocycles. The third kappa shape index (κ3) is 5.84. The number of aromatic amines is 1. The van der Waals surface area contributed by atoms with Crippen LogP contribution in [-0.4, -0.2) is 39.1 Å². The van der Waals surface area contributed by atoms with E-state index in [2.05, 4.69) is 15.4 Å². The van der Waals surface area contributed by atoms with Gasteiger partial charge in [0.1, 0.15) is 5.69 Å². The smallest absolute Gasteiger partial charge is 0.352 e. The van der Waals surface area contributed by atoms with Crippen LogP contribution >= 0.6 is 7.52 Å². The lowest BCUT2D eigenvalue weighted by Gasteiger charge is -2.21. The maximum absolute atomic E-state index is 12.6. The number of hydrogen-bond acceptors (Lipinski definition) is 3. The summed E-state index contributed by atoms with van der Waals surface area (Å²) in [4.78, 5) is 36.1. The Bertz CT molecular complexity index is 806. The van der Waals surface area contributed by atoms with Crippen LogP contribution in [0.15, 0.2) is 42.6 Å². The van der Waals surface area contributed by atoms with Gasteiger partial charge in [-0.2, -0.15) is 0 Å². The Morgan fingerprint density at radius 1 is 1.27 bits per heavy atom. The van der Waals surface area contributed by atoms with E-state index in [1.807, 2.05) is 30.3 Å². The minimum atomic E-state index is -3.67. The average molecular weight is 379 g/mol. The summed E-state index contributed by atoms with van der Waals surface area (Å²) in [6.07, 6.45) is 2.13. The number of carboxylic acid groups (broad SMARTS) is 1. The van der Waals surface area contributed by atoms with Crippen LogP contribution in [0.1, 0.15) is 29.4 Å². The van der Waals surface area contributed by atoms with Gasteiger partial charge in [0.15, 0.2) is 0 Å². The summed E-state index contributed by atoms with van der Waals surface area (Å²) < 4.78 is 12.2. The van der Waals surface area contributed by atoms with Gasteiger partial charge in [0.2, 0.25) is 5.91 Å². The molecular formula is C17H22N3O5P. The molecule has 9 heteroatoms. The number of rotatable bonds is 9. The van der Waals surface area contributed by atoms with E-state index in [1.54, 1.807) is 6.92 Å². The molecule has 0 aliphatic heterocycles. The molecule has 0 fully saturated rings. The fraction of sp³-hybridized carbons (Fsp3) is 0.294. The molecule has 0 radical (unpaired) electrons. The van der Waals surface area contributed by atoms with E-state index in [0.717, 1.165) is 5.56 Å². The van der Waals surface area contributed by atoms with Crippen LogP contribution in [0.25, 0.3) is 0 Å². The second-order valence-corrected chi connectivity index (χ2v) is 8.00. The quantitative estimate of drug-likeness (QED) is 0.425. The molecule has 8 nitrogen and oxygen atoms in total. The van der Waals surface area contributed by atoms with Gasteiger partial charge in [-0.05, 0) is 24.5 Å². The van der Waals surface area contributed by atoms with E-state index in [4.69, 9.17) is 5.11 Å². The molecule has 0 bridgehead atoms. The number of H-pyrrole nitrogens is 1. The Kier molecular flexibility index (Phi) is 6.74. The van der Waals surface area contributed by atoms with Crippen molar-refractivity contribution in [1.29, 1.82) is 0 Å². The van der Waals surface area contributed by atoms with Crippen LogP contribution in [0.5, 0.6) is 0 Å². The van der Waals surface area contributed by atoms with Crippen molar-refractivity contribution >= 4 is 25.1 Å². The molecule has 1 unspecified atom stereocenters. The number of benzene rings is 1. The highest BCUT2D eigenvalue weighted by atomic mass is 31.2. The first-order valence-electron chi connectivity index (χ1n) is 8.17. The van der Waals surface area contributed by atoms with E-state index < -0.39 is 25.4 Å². The van der Waals surface area contributed by atoms with Crippen molar-refractivity contribution in [1.82, 2.24) is 10.1 Å². The average Bonchev–Trinajstić information content (AvgIpc) is 3.03. The molecule has 2 atom stereocenters. The normalized spacial score (nSPS) is 14.4. The van der Waals surface area contributed by atoms with Crippen LogP contribution in [0.2, 0.25) is 0 Å². The number of amides is 1. The van der Waals surface area contributed by atoms with Crippen LogP contribution in [0.4, 0.5) is 5.69 Å². The minimum Gasteiger partial charge on any atom is -0.477 e. The molecule has 1 aromatic carbocycles. The van der Waals surface area contributed by atoms with Gasteiger partial charge in [-0.15, -0.1) is 0 Å². The number of nitrogens with one attached hydrogen (secondary N) is 3. The number of carbonyl (C=O) groups is 2. The summed E-state index contributed by atoms with van der Waals surface area (Å²) >= 11 is 0. The topological polar surface area (TPSA) is 132 Å². The number of carbonyl (C=O) groups excluding carboxylic acids is 1. The van der Waals surface area contributed by atoms with Gasteiger partial charge in [-0.3, -0.25) is 9.36 Å². The molecule has 0 aliphatic rings. The van der Waals surface area contributed by atoms with Crippen molar-refractivity contribution in [3.05, 3.63) is 53.9 Å². The Morgan fingerprint density at radius 2 is 1.96 bits per heavy atom. The first kappa shape index (κ1) is 19.9. The molecule has 26 heavy (non-hydrogen) atoms. The number of aromatic nitrogens is 1. The molecule has 5 N–H and O–H groups in total. The first-order valence-corrected chi connectivity index (χ1v) is 10.0. The molecule has 1 heterocycles. The van der Waals surface area contributed by atoms with Gasteiger partial charge >= 0.3 is 5.97 Å². The highest BCUT2D eigenvalue weighted by molar-refractivity contribution is 7.55. The van der Waals surface area contributed by atoms with Crippen molar-refractivity contribution in [3.63, 3.8) is 0 Å². The van der Waals surface area contributed by atoms with E-state index >= 15 is 0 Å². The van der Waals surface area contributed by atoms with Gasteiger partial charge < -0.3 is 20.3 Å². The maximum Gasteiger partial charge on any atom is 0.352 e. The van der Waals surface area contributed by atoms with Crippen molar-refractivity contribution < 1.29 is 24.2 Å². The Hall–Kier alpha value is -2.41. The largest absolute Gasteiger partial charge is 0.477 e. The molecule has 1 amide bonds. The van der Waals surface area contributed by atoms with E-state index in [9.17, 15) is 19.0 Å². The third-order valence-corrected chi connectivity index (χ3v) is 5.43. The summed E-state index contributed by atoms with van der Waals surface area (Å²) in [5.74, 6) is -1.66. The predicted octanol–water partition coefficient (Wildman–Crippen LogP) is 2.45. The summed E-state index contributed by atoms with van der Waals surface area (Å²) in [5, 5.41) is 14.1. The second-order valence-electron chi connectivity index (χ2n) is 5.89. The molecule has 140 valence electrons. The summed E-state index contributed by atoms with van der Waals surface area (Å²) in [6.45, 7) is 1.78. The molecular weight excluding hydrogens is 357 g/mol. The fourth-order valence-corrected chi connectivity index (χ4v) is 3.91. The third-order valence-electron chi connectivity index (χ3n) is 3.66. The Balaban J connectivity index is 2.16. The summed E-state index contributed by atoms with van der Waals surface area (Å²) in [7, 11) is -3.67. The number of carboxylic acids is 1. The fourth-order valence-electron chi connectivity index (χ4n) is 2.48. The van der Waals surface area contributed by atoms with E-state index in [-0.39, 0.29) is 24.0 Å². The lowest BCUT2D eigenvalue weighted by atomic mass is 10.1. The highest BCUT2D eigenvalue weighted by Crippen LogP contribution is 2.37. The molecule has 0 aliphatic carbocycles. The van der Waals surface area contributed by atoms with Crippen molar-refractivity contribution in [2.75, 3.05) is 11.5 Å². The monoisotopic (exact) mass is 379 g/mol. The SMILES string of the molecule is CCCP(=O)(O)N[C@@H](Cc1ccccc1)C(=O)Nc1c[nH]c(C(=O)O)c1. The summed E-state index contributed by atoms with van der Waals surface area (Å²) in [6, 6.07) is 9.46. The Morgan fingerprint density at radius 3 is 2.54 bits per heavy atom. The minimum absolute atomic E-state index is 0.0545. The van der Waals surface area contributed by atoms with Crippen LogP contribution < -0.4 is 10.4 Å². The van der Waals surface area contributed by atoms with Gasteiger partial charge in [-0.1, -0.05) is 37.3 Å². The standard InChI is InChI=1S/C17H22N3O5P/c1-2-8-26(24,25)20-14(9-12-6-4-3-5-7-12)16(21)19-13-10-15(17(22)23)18-11-13/h3-7,10-11,14,18H,2,8-9H2,1H3,(H,19,21)(H,22,23)(H2,20,24,25)/t14-/m0/s1. The van der Waals surface area contributed by atoms with Gasteiger partial charge in [0.25, 0.3) is 7.52 Å². The highest BCUT2D eigenvalue weighted by Gasteiger charge is 2.27. The first-order chi connectivity index (χ1) is 12.3. The van der Waals surface area contributed by atoms with Crippen molar-refractivity contribution in [2.24, 2.45) is 0 Å². The van der Waals surface area contributed by atoms with Gasteiger partial charge in [0.05, 0.1) is 11.7 Å². The van der Waals surface area contributed by atoms with Gasteiger partial charge in [-0.25, -0.2) is 9.88 Å². The molecule has 2 aromatic rings. The maximum atomic E-state index is 12.6. The second kappa shape index (κ2) is 8.80. The number of anilines is 1.